The van der Waals surface area contributed by atoms with E-state index >= 15 is 0 Å². The molecule has 0 bridgehead atoms. The van der Waals surface area contributed by atoms with E-state index < -0.39 is 0 Å². The predicted octanol–water partition coefficient (Wildman–Crippen LogP) is 3.28. The smallest absolute Gasteiger partial charge is 0.318 e. The van der Waals surface area contributed by atoms with Gasteiger partial charge in [0.2, 0.25) is 0 Å². The SMILES string of the molecule is CCC(Nc1ccc(NC(=O)NC)cc1)C(C)C. The summed E-state index contributed by atoms with van der Waals surface area (Å²) >= 11 is 0. The van der Waals surface area contributed by atoms with Crippen molar-refractivity contribution in [1.29, 1.82) is 0 Å². The molecular weight excluding hydrogens is 226 g/mol. The fraction of sp³-hybridized carbons (Fsp3) is 0.500. The van der Waals surface area contributed by atoms with Gasteiger partial charge in [0.05, 0.1) is 0 Å². The van der Waals surface area contributed by atoms with Crippen LogP contribution in [0, 0.1) is 5.92 Å². The van der Waals surface area contributed by atoms with Gasteiger partial charge in [0.15, 0.2) is 0 Å². The third-order valence-electron chi connectivity index (χ3n) is 2.97. The molecule has 4 heteroatoms. The molecule has 1 atom stereocenters. The summed E-state index contributed by atoms with van der Waals surface area (Å²) in [5.41, 5.74) is 1.87. The second-order valence-corrected chi connectivity index (χ2v) is 4.68. The Morgan fingerprint density at radius 1 is 1.17 bits per heavy atom. The molecule has 1 aromatic carbocycles. The van der Waals surface area contributed by atoms with Crippen LogP contribution in [0.3, 0.4) is 0 Å². The lowest BCUT2D eigenvalue weighted by Crippen LogP contribution is -2.25. The molecule has 0 heterocycles. The number of rotatable bonds is 5. The standard InChI is InChI=1S/C14H23N3O/c1-5-13(10(2)3)16-11-6-8-12(9-7-11)17-14(18)15-4/h6-10,13,16H,5H2,1-4H3,(H2,15,17,18). The summed E-state index contributed by atoms with van der Waals surface area (Å²) < 4.78 is 0. The van der Waals surface area contributed by atoms with E-state index in [1.807, 2.05) is 24.3 Å². The van der Waals surface area contributed by atoms with E-state index in [0.717, 1.165) is 17.8 Å². The van der Waals surface area contributed by atoms with E-state index in [1.165, 1.54) is 0 Å². The van der Waals surface area contributed by atoms with Crippen LogP contribution >= 0.6 is 0 Å². The van der Waals surface area contributed by atoms with Crippen LogP contribution in [0.5, 0.6) is 0 Å². The Balaban J connectivity index is 2.62. The monoisotopic (exact) mass is 249 g/mol. The molecule has 0 spiro atoms. The fourth-order valence-corrected chi connectivity index (χ4v) is 1.80. The molecule has 0 saturated heterocycles. The van der Waals surface area contributed by atoms with Crippen molar-refractivity contribution in [2.24, 2.45) is 5.92 Å². The number of urea groups is 1. The second kappa shape index (κ2) is 6.89. The van der Waals surface area contributed by atoms with Crippen LogP contribution in [0.25, 0.3) is 0 Å². The first-order valence-corrected chi connectivity index (χ1v) is 6.42. The quantitative estimate of drug-likeness (QED) is 0.750. The number of amides is 2. The summed E-state index contributed by atoms with van der Waals surface area (Å²) in [7, 11) is 1.60. The minimum atomic E-state index is -0.204. The highest BCUT2D eigenvalue weighted by molar-refractivity contribution is 5.89. The van der Waals surface area contributed by atoms with Gasteiger partial charge in [-0.2, -0.15) is 0 Å². The zero-order valence-corrected chi connectivity index (χ0v) is 11.6. The first kappa shape index (κ1) is 14.4. The summed E-state index contributed by atoms with van der Waals surface area (Å²) in [5, 5.41) is 8.74. The van der Waals surface area contributed by atoms with Crippen LogP contribution in [-0.2, 0) is 0 Å². The van der Waals surface area contributed by atoms with Crippen molar-refractivity contribution in [3.8, 4) is 0 Å². The van der Waals surface area contributed by atoms with Gasteiger partial charge in [0, 0.05) is 24.5 Å². The molecule has 1 aromatic rings. The van der Waals surface area contributed by atoms with E-state index in [2.05, 4.69) is 36.7 Å². The van der Waals surface area contributed by atoms with Crippen LogP contribution in [0.15, 0.2) is 24.3 Å². The van der Waals surface area contributed by atoms with Crippen LogP contribution in [0.1, 0.15) is 27.2 Å². The number of hydrogen-bond acceptors (Lipinski definition) is 2. The third-order valence-corrected chi connectivity index (χ3v) is 2.97. The number of hydrogen-bond donors (Lipinski definition) is 3. The zero-order chi connectivity index (χ0) is 13.5. The maximum absolute atomic E-state index is 11.1. The second-order valence-electron chi connectivity index (χ2n) is 4.68. The molecule has 0 aromatic heterocycles. The molecular formula is C14H23N3O. The molecule has 4 nitrogen and oxygen atoms in total. The van der Waals surface area contributed by atoms with Crippen molar-refractivity contribution >= 4 is 17.4 Å². The van der Waals surface area contributed by atoms with Gasteiger partial charge in [-0.15, -0.1) is 0 Å². The first-order valence-electron chi connectivity index (χ1n) is 6.42. The topological polar surface area (TPSA) is 53.2 Å². The third kappa shape index (κ3) is 4.28. The zero-order valence-electron chi connectivity index (χ0n) is 11.6. The van der Waals surface area contributed by atoms with Crippen LogP contribution in [-0.4, -0.2) is 19.1 Å². The minimum Gasteiger partial charge on any atom is -0.382 e. The fourth-order valence-electron chi connectivity index (χ4n) is 1.80. The molecule has 0 fully saturated rings. The van der Waals surface area contributed by atoms with Gasteiger partial charge in [0.25, 0.3) is 0 Å². The Kier molecular flexibility index (Phi) is 5.49. The van der Waals surface area contributed by atoms with E-state index in [1.54, 1.807) is 7.05 Å². The predicted molar refractivity (Wildman–Crippen MR) is 77.1 cm³/mol. The van der Waals surface area contributed by atoms with E-state index in [4.69, 9.17) is 0 Å². The van der Waals surface area contributed by atoms with E-state index in [0.29, 0.717) is 12.0 Å². The summed E-state index contributed by atoms with van der Waals surface area (Å²) in [5.74, 6) is 0.596. The van der Waals surface area contributed by atoms with Gasteiger partial charge in [0.1, 0.15) is 0 Å². The summed E-state index contributed by atoms with van der Waals surface area (Å²) in [4.78, 5) is 11.1. The van der Waals surface area contributed by atoms with Crippen molar-refractivity contribution in [2.45, 2.75) is 33.2 Å². The first-order chi connectivity index (χ1) is 8.56. The number of carbonyl (C=O) groups excluding carboxylic acids is 1. The van der Waals surface area contributed by atoms with Gasteiger partial charge in [-0.25, -0.2) is 4.79 Å². The molecule has 1 unspecified atom stereocenters. The Bertz CT molecular complexity index is 373. The van der Waals surface area contributed by atoms with Gasteiger partial charge >= 0.3 is 6.03 Å². The highest BCUT2D eigenvalue weighted by atomic mass is 16.2. The largest absolute Gasteiger partial charge is 0.382 e. The average Bonchev–Trinajstić information content (AvgIpc) is 2.37. The van der Waals surface area contributed by atoms with Gasteiger partial charge in [-0.3, -0.25) is 0 Å². The molecule has 1 rings (SSSR count). The van der Waals surface area contributed by atoms with Crippen LogP contribution in [0.2, 0.25) is 0 Å². The minimum absolute atomic E-state index is 0.204. The van der Waals surface area contributed by atoms with Crippen molar-refractivity contribution in [1.82, 2.24) is 5.32 Å². The normalized spacial score (nSPS) is 12.1. The lowest BCUT2D eigenvalue weighted by Gasteiger charge is -2.22. The van der Waals surface area contributed by atoms with Crippen molar-refractivity contribution in [2.75, 3.05) is 17.7 Å². The van der Waals surface area contributed by atoms with Crippen molar-refractivity contribution in [3.63, 3.8) is 0 Å². The molecule has 0 aliphatic rings. The van der Waals surface area contributed by atoms with Gasteiger partial charge < -0.3 is 16.0 Å². The van der Waals surface area contributed by atoms with Crippen molar-refractivity contribution in [3.05, 3.63) is 24.3 Å². The number of benzene rings is 1. The molecule has 0 radical (unpaired) electrons. The van der Waals surface area contributed by atoms with E-state index in [-0.39, 0.29) is 6.03 Å². The molecule has 2 amide bonds. The highest BCUT2D eigenvalue weighted by Crippen LogP contribution is 2.17. The van der Waals surface area contributed by atoms with Gasteiger partial charge in [-0.1, -0.05) is 20.8 Å². The number of anilines is 2. The van der Waals surface area contributed by atoms with Crippen LogP contribution < -0.4 is 16.0 Å². The van der Waals surface area contributed by atoms with Gasteiger partial charge in [-0.05, 0) is 36.6 Å². The Labute approximate surface area is 109 Å². The highest BCUT2D eigenvalue weighted by Gasteiger charge is 2.10. The maximum atomic E-state index is 11.1. The maximum Gasteiger partial charge on any atom is 0.318 e. The Morgan fingerprint density at radius 2 is 1.72 bits per heavy atom. The molecule has 3 N–H and O–H groups in total. The Hall–Kier alpha value is -1.71. The summed E-state index contributed by atoms with van der Waals surface area (Å²) in [6.07, 6.45) is 1.09. The number of nitrogens with one attached hydrogen (secondary N) is 3. The van der Waals surface area contributed by atoms with Crippen molar-refractivity contribution < 1.29 is 4.79 Å². The van der Waals surface area contributed by atoms with Crippen LogP contribution in [0.4, 0.5) is 16.2 Å². The number of carbonyl (C=O) groups is 1. The lowest BCUT2D eigenvalue weighted by atomic mass is 10.0. The molecule has 0 aliphatic carbocycles. The summed E-state index contributed by atoms with van der Waals surface area (Å²) in [6.45, 7) is 6.60. The Morgan fingerprint density at radius 3 is 2.17 bits per heavy atom. The lowest BCUT2D eigenvalue weighted by molar-refractivity contribution is 0.254. The molecule has 0 aliphatic heterocycles. The molecule has 100 valence electrons. The average molecular weight is 249 g/mol. The molecule has 0 saturated carbocycles. The van der Waals surface area contributed by atoms with E-state index in [9.17, 15) is 4.79 Å². The summed E-state index contributed by atoms with van der Waals surface area (Å²) in [6, 6.07) is 8.02. The molecule has 18 heavy (non-hydrogen) atoms.